The molecular weight excluding hydrogens is 384 g/mol. The van der Waals surface area contributed by atoms with Crippen LogP contribution in [0.4, 0.5) is 0 Å². The van der Waals surface area contributed by atoms with Crippen molar-refractivity contribution in [3.8, 4) is 0 Å². The molecule has 0 N–H and O–H groups in total. The third-order valence-electron chi connectivity index (χ3n) is 5.44. The van der Waals surface area contributed by atoms with Gasteiger partial charge in [0.1, 0.15) is 0 Å². The topological polar surface area (TPSA) is 35.5 Å². The first-order chi connectivity index (χ1) is 13.8. The molecule has 0 aliphatic heterocycles. The van der Waals surface area contributed by atoms with Crippen LogP contribution < -0.4 is 0 Å². The summed E-state index contributed by atoms with van der Waals surface area (Å²) in [6, 6.07) is 0. The second-order valence-electron chi connectivity index (χ2n) is 8.31. The van der Waals surface area contributed by atoms with Crippen LogP contribution in [0.2, 0.25) is 0 Å². The third-order valence-corrected chi connectivity index (χ3v) is 6.81. The number of rotatable bonds is 24. The fraction of sp³-hybridized carbons (Fsp3) is 1.00. The van der Waals surface area contributed by atoms with Crippen LogP contribution >= 0.6 is 0 Å². The molecule has 0 aliphatic rings. The Morgan fingerprint density at radius 1 is 0.429 bits per heavy atom. The van der Waals surface area contributed by atoms with Crippen molar-refractivity contribution in [2.75, 3.05) is 13.2 Å². The summed E-state index contributed by atoms with van der Waals surface area (Å²) in [5, 5.41) is 0. The van der Waals surface area contributed by atoms with E-state index in [0.29, 0.717) is 13.2 Å². The molecule has 0 saturated heterocycles. The van der Waals surface area contributed by atoms with E-state index in [1.807, 2.05) is 0 Å². The van der Waals surface area contributed by atoms with E-state index in [2.05, 4.69) is 13.8 Å². The van der Waals surface area contributed by atoms with Gasteiger partial charge in [-0.3, -0.25) is 0 Å². The fourth-order valence-electron chi connectivity index (χ4n) is 3.53. The van der Waals surface area contributed by atoms with E-state index in [1.165, 1.54) is 116 Å². The number of hydrogen-bond acceptors (Lipinski definition) is 3. The standard InChI is InChI=1S/2C12H25O.O.Ti/c2*1-2-3-4-5-6-7-8-9-10-11-12-13;;/h2*2-12H2,1H3;;/q2*-1;;+2. The minimum absolute atomic E-state index is 0.618. The Morgan fingerprint density at radius 2 is 0.679 bits per heavy atom. The second-order valence-corrected chi connectivity index (χ2v) is 9.99. The van der Waals surface area contributed by atoms with Gasteiger partial charge in [-0.15, -0.1) is 0 Å². The number of hydrogen-bond donors (Lipinski definition) is 0. The van der Waals surface area contributed by atoms with Gasteiger partial charge in [0, 0.05) is 0 Å². The van der Waals surface area contributed by atoms with Gasteiger partial charge in [-0.05, 0) is 0 Å². The molecule has 0 aromatic heterocycles. The van der Waals surface area contributed by atoms with Crippen LogP contribution in [0.3, 0.4) is 0 Å². The predicted octanol–water partition coefficient (Wildman–Crippen LogP) is 8.66. The Kier molecular flexibility index (Phi) is 25.9. The summed E-state index contributed by atoms with van der Waals surface area (Å²) in [5.41, 5.74) is 0. The first kappa shape index (κ1) is 28.4. The van der Waals surface area contributed by atoms with Crippen LogP contribution in [0.15, 0.2) is 0 Å². The summed E-state index contributed by atoms with van der Waals surface area (Å²) in [7, 11) is 0. The molecule has 0 aliphatic carbocycles. The fourth-order valence-corrected chi connectivity index (χ4v) is 4.63. The Bertz CT molecular complexity index is 282. The smallest absolute Gasteiger partial charge is 0.0654 e. The van der Waals surface area contributed by atoms with Gasteiger partial charge in [0.25, 0.3) is 0 Å². The molecule has 0 spiro atoms. The molecule has 0 fully saturated rings. The van der Waals surface area contributed by atoms with Gasteiger partial charge in [-0.1, -0.05) is 13.8 Å². The molecule has 0 aromatic carbocycles. The molecule has 168 valence electrons. The average Bonchev–Trinajstić information content (AvgIpc) is 2.70. The summed E-state index contributed by atoms with van der Waals surface area (Å²) < 4.78 is 22.6. The minimum atomic E-state index is -2.88. The Morgan fingerprint density at radius 3 is 0.964 bits per heavy atom. The first-order valence-electron chi connectivity index (χ1n) is 12.6. The van der Waals surface area contributed by atoms with Crippen molar-refractivity contribution in [2.24, 2.45) is 0 Å². The van der Waals surface area contributed by atoms with Gasteiger partial charge in [0.15, 0.2) is 0 Å². The van der Waals surface area contributed by atoms with Crippen molar-refractivity contribution < 1.29 is 28.6 Å². The molecule has 3 nitrogen and oxygen atoms in total. The van der Waals surface area contributed by atoms with Crippen molar-refractivity contribution in [1.82, 2.24) is 0 Å². The predicted molar refractivity (Wildman–Crippen MR) is 116 cm³/mol. The van der Waals surface area contributed by atoms with Gasteiger partial charge >= 0.3 is 170 Å². The molecule has 28 heavy (non-hydrogen) atoms. The van der Waals surface area contributed by atoms with Crippen molar-refractivity contribution >= 4 is 0 Å². The van der Waals surface area contributed by atoms with Gasteiger partial charge in [-0.25, -0.2) is 0 Å². The Balaban J connectivity index is 3.13. The number of unbranched alkanes of at least 4 members (excludes halogenated alkanes) is 18. The summed E-state index contributed by atoms with van der Waals surface area (Å²) in [6.45, 7) is 5.77. The van der Waals surface area contributed by atoms with Crippen LogP contribution in [0.1, 0.15) is 142 Å². The van der Waals surface area contributed by atoms with E-state index in [-0.39, 0.29) is 0 Å². The van der Waals surface area contributed by atoms with Gasteiger partial charge in [-0.2, -0.15) is 0 Å². The molecule has 0 rings (SSSR count). The molecule has 0 radical (unpaired) electrons. The van der Waals surface area contributed by atoms with Crippen LogP contribution in [0.5, 0.6) is 0 Å². The van der Waals surface area contributed by atoms with Crippen LogP contribution in [0.25, 0.3) is 0 Å². The van der Waals surface area contributed by atoms with Crippen molar-refractivity contribution in [1.29, 1.82) is 0 Å². The molecule has 0 saturated carbocycles. The van der Waals surface area contributed by atoms with Gasteiger partial charge < -0.3 is 0 Å². The van der Waals surface area contributed by atoms with E-state index in [1.54, 1.807) is 0 Å². The average molecular weight is 435 g/mol. The normalized spacial score (nSPS) is 11.2. The van der Waals surface area contributed by atoms with E-state index in [0.717, 1.165) is 12.8 Å². The molecule has 4 heteroatoms. The zero-order chi connectivity index (χ0) is 20.5. The molecule has 0 heterocycles. The second kappa shape index (κ2) is 25.5. The zero-order valence-electron chi connectivity index (χ0n) is 19.3. The van der Waals surface area contributed by atoms with Crippen molar-refractivity contribution in [3.05, 3.63) is 0 Å². The van der Waals surface area contributed by atoms with E-state index in [9.17, 15) is 3.32 Å². The van der Waals surface area contributed by atoms with Crippen LogP contribution in [-0.4, -0.2) is 13.2 Å². The molecular formula is C24H50O3Ti. The maximum atomic E-state index is 11.8. The molecule has 0 bridgehead atoms. The van der Waals surface area contributed by atoms with E-state index >= 15 is 0 Å². The maximum absolute atomic E-state index is 11.8. The first-order valence-corrected chi connectivity index (χ1v) is 14.5. The van der Waals surface area contributed by atoms with Gasteiger partial charge in [0.05, 0.1) is 0 Å². The summed E-state index contributed by atoms with van der Waals surface area (Å²) in [4.78, 5) is 0. The van der Waals surface area contributed by atoms with Crippen LogP contribution in [0, 0.1) is 0 Å². The SMILES string of the molecule is CCCCCCCCCCCC[O][Ti](=[O])[O]CCCCCCCCCCCC. The van der Waals surface area contributed by atoms with Crippen molar-refractivity contribution in [2.45, 2.75) is 142 Å². The summed E-state index contributed by atoms with van der Waals surface area (Å²) in [5.74, 6) is 0. The molecule has 0 unspecified atom stereocenters. The summed E-state index contributed by atoms with van der Waals surface area (Å²) >= 11 is -2.88. The van der Waals surface area contributed by atoms with Crippen LogP contribution in [-0.2, 0) is 28.6 Å². The quantitative estimate of drug-likeness (QED) is 0.113. The molecule has 0 atom stereocenters. The summed E-state index contributed by atoms with van der Waals surface area (Å²) in [6.07, 6.45) is 26.2. The van der Waals surface area contributed by atoms with E-state index in [4.69, 9.17) is 6.64 Å². The third kappa shape index (κ3) is 24.5. The zero-order valence-corrected chi connectivity index (χ0v) is 20.8. The Labute approximate surface area is 183 Å². The van der Waals surface area contributed by atoms with E-state index < -0.39 is 18.6 Å². The van der Waals surface area contributed by atoms with Gasteiger partial charge in [0.2, 0.25) is 0 Å². The molecule has 0 amide bonds. The molecule has 0 aromatic rings. The Hall–Kier alpha value is 0.434. The minimum Gasteiger partial charge on any atom is -0.0654 e. The van der Waals surface area contributed by atoms with Crippen molar-refractivity contribution in [3.63, 3.8) is 0 Å². The monoisotopic (exact) mass is 434 g/mol.